The maximum Gasteiger partial charge on any atom is 0.250 e. The summed E-state index contributed by atoms with van der Waals surface area (Å²) in [6, 6.07) is 10.8. The van der Waals surface area contributed by atoms with Gasteiger partial charge >= 0.3 is 0 Å². The first kappa shape index (κ1) is 16.0. The average Bonchev–Trinajstić information content (AvgIpc) is 3.21. The van der Waals surface area contributed by atoms with Crippen LogP contribution in [0.3, 0.4) is 0 Å². The van der Waals surface area contributed by atoms with E-state index in [1.165, 1.54) is 15.6 Å². The van der Waals surface area contributed by atoms with Crippen LogP contribution in [0.5, 0.6) is 0 Å². The van der Waals surface area contributed by atoms with Crippen LogP contribution in [-0.4, -0.2) is 25.5 Å². The minimum absolute atomic E-state index is 0.292. The second-order valence-corrected chi connectivity index (χ2v) is 5.99. The van der Waals surface area contributed by atoms with E-state index in [1.807, 2.05) is 36.4 Å². The zero-order valence-electron chi connectivity index (χ0n) is 12.7. The summed E-state index contributed by atoms with van der Waals surface area (Å²) in [5, 5.41) is 20.4. The van der Waals surface area contributed by atoms with Crippen LogP contribution in [0.15, 0.2) is 53.4 Å². The molecule has 120 valence electrons. The Kier molecular flexibility index (Phi) is 4.44. The number of benzene rings is 1. The number of nitrogens with one attached hydrogen (secondary N) is 1. The molecule has 0 spiro atoms. The van der Waals surface area contributed by atoms with Gasteiger partial charge < -0.3 is 5.32 Å². The number of nitriles is 1. The Hall–Kier alpha value is -2.92. The predicted octanol–water partition coefficient (Wildman–Crippen LogP) is 2.90. The van der Waals surface area contributed by atoms with E-state index in [-0.39, 0.29) is 5.91 Å². The van der Waals surface area contributed by atoms with E-state index in [2.05, 4.69) is 31.4 Å². The summed E-state index contributed by atoms with van der Waals surface area (Å²) in [7, 11) is 0. The number of nitrogens with zero attached hydrogens (tertiary/aromatic N) is 5. The van der Waals surface area contributed by atoms with Gasteiger partial charge in [0.25, 0.3) is 0 Å². The molecule has 1 N–H and O–H groups in total. The molecular formula is C16H13BrN6O. The lowest BCUT2D eigenvalue weighted by molar-refractivity contribution is -0.119. The molecule has 1 atom stereocenters. The Morgan fingerprint density at radius 2 is 2.04 bits per heavy atom. The van der Waals surface area contributed by atoms with E-state index in [0.717, 1.165) is 10.2 Å². The Morgan fingerprint density at radius 1 is 1.29 bits per heavy atom. The molecule has 0 aliphatic carbocycles. The van der Waals surface area contributed by atoms with Gasteiger partial charge in [-0.1, -0.05) is 18.2 Å². The van der Waals surface area contributed by atoms with Crippen LogP contribution in [0.2, 0.25) is 0 Å². The first-order chi connectivity index (χ1) is 11.6. The van der Waals surface area contributed by atoms with Crippen LogP contribution in [0.25, 0.3) is 5.69 Å². The molecule has 0 aliphatic heterocycles. The van der Waals surface area contributed by atoms with Gasteiger partial charge in [0.1, 0.15) is 17.7 Å². The lowest BCUT2D eigenvalue weighted by Gasteiger charge is -2.14. The van der Waals surface area contributed by atoms with Crippen LogP contribution in [0.4, 0.5) is 5.82 Å². The number of aromatic nitrogens is 4. The summed E-state index contributed by atoms with van der Waals surface area (Å²) >= 11 is 3.30. The van der Waals surface area contributed by atoms with Gasteiger partial charge in [-0.25, -0.2) is 4.68 Å². The fourth-order valence-electron chi connectivity index (χ4n) is 2.18. The van der Waals surface area contributed by atoms with Gasteiger partial charge in [-0.05, 0) is 35.0 Å². The summed E-state index contributed by atoms with van der Waals surface area (Å²) in [6.07, 6.45) is 4.75. The molecule has 0 aliphatic rings. The maximum atomic E-state index is 12.5. The molecule has 2 heterocycles. The second kappa shape index (κ2) is 6.68. The molecule has 8 heteroatoms. The van der Waals surface area contributed by atoms with Gasteiger partial charge in [0.15, 0.2) is 5.82 Å². The van der Waals surface area contributed by atoms with Crippen molar-refractivity contribution in [1.82, 2.24) is 19.6 Å². The number of halogens is 1. The second-order valence-electron chi connectivity index (χ2n) is 5.07. The molecule has 0 fully saturated rings. The third-order valence-corrected chi connectivity index (χ3v) is 3.89. The molecule has 24 heavy (non-hydrogen) atoms. The van der Waals surface area contributed by atoms with E-state index in [9.17, 15) is 10.1 Å². The minimum Gasteiger partial charge on any atom is -0.308 e. The fourth-order valence-corrected chi connectivity index (χ4v) is 2.48. The van der Waals surface area contributed by atoms with Gasteiger partial charge in [-0.3, -0.25) is 9.48 Å². The van der Waals surface area contributed by atoms with Crippen LogP contribution in [0.1, 0.15) is 18.5 Å². The zero-order chi connectivity index (χ0) is 17.1. The smallest absolute Gasteiger partial charge is 0.250 e. The lowest BCUT2D eigenvalue weighted by Crippen LogP contribution is -2.25. The van der Waals surface area contributed by atoms with Crippen molar-refractivity contribution in [3.8, 4) is 11.8 Å². The molecule has 1 aromatic carbocycles. The molecular weight excluding hydrogens is 372 g/mol. The third-order valence-electron chi connectivity index (χ3n) is 3.48. The Labute approximate surface area is 146 Å². The SMILES string of the molecule is CC(C(=O)Nc1c(C#N)cnn1-c1ccccc1)n1cc(Br)cn1. The van der Waals surface area contributed by atoms with Crippen LogP contribution in [0, 0.1) is 11.3 Å². The van der Waals surface area contributed by atoms with Crippen LogP contribution < -0.4 is 5.32 Å². The summed E-state index contributed by atoms with van der Waals surface area (Å²) in [6.45, 7) is 1.73. The highest BCUT2D eigenvalue weighted by molar-refractivity contribution is 9.10. The molecule has 1 unspecified atom stereocenters. The fraction of sp³-hybridized carbons (Fsp3) is 0.125. The van der Waals surface area contributed by atoms with Crippen molar-refractivity contribution >= 4 is 27.7 Å². The van der Waals surface area contributed by atoms with E-state index in [0.29, 0.717) is 11.4 Å². The first-order valence-corrected chi connectivity index (χ1v) is 7.93. The topological polar surface area (TPSA) is 88.5 Å². The highest BCUT2D eigenvalue weighted by atomic mass is 79.9. The molecule has 1 amide bonds. The molecule has 0 saturated heterocycles. The van der Waals surface area contributed by atoms with Gasteiger partial charge in [0.05, 0.1) is 22.6 Å². The number of hydrogen-bond acceptors (Lipinski definition) is 4. The average molecular weight is 385 g/mol. The summed E-state index contributed by atoms with van der Waals surface area (Å²) in [5.41, 5.74) is 1.05. The highest BCUT2D eigenvalue weighted by Crippen LogP contribution is 2.21. The third kappa shape index (κ3) is 3.07. The number of rotatable bonds is 4. The van der Waals surface area contributed by atoms with E-state index < -0.39 is 6.04 Å². The van der Waals surface area contributed by atoms with Crippen LogP contribution in [-0.2, 0) is 4.79 Å². The monoisotopic (exact) mass is 384 g/mol. The Morgan fingerprint density at radius 3 is 2.67 bits per heavy atom. The summed E-state index contributed by atoms with van der Waals surface area (Å²) in [5.74, 6) is 0.0477. The largest absolute Gasteiger partial charge is 0.308 e. The highest BCUT2D eigenvalue weighted by Gasteiger charge is 2.20. The van der Waals surface area contributed by atoms with E-state index in [1.54, 1.807) is 19.3 Å². The molecule has 0 bridgehead atoms. The van der Waals surface area contributed by atoms with Gasteiger partial charge in [-0.15, -0.1) is 0 Å². The molecule has 3 aromatic rings. The van der Waals surface area contributed by atoms with Crippen molar-refractivity contribution in [3.63, 3.8) is 0 Å². The van der Waals surface area contributed by atoms with Crippen molar-refractivity contribution in [2.75, 3.05) is 5.32 Å². The van der Waals surface area contributed by atoms with Crippen molar-refractivity contribution in [2.24, 2.45) is 0 Å². The Bertz CT molecular complexity index is 908. The van der Waals surface area contributed by atoms with Gasteiger partial charge in [-0.2, -0.15) is 15.5 Å². The van der Waals surface area contributed by atoms with Crippen molar-refractivity contribution in [2.45, 2.75) is 13.0 Å². The standard InChI is InChI=1S/C16H13BrN6O/c1-11(22-10-13(17)9-19-22)16(24)21-15-12(7-18)8-20-23(15)14-5-3-2-4-6-14/h2-6,8-11H,1H3,(H,21,24). The van der Waals surface area contributed by atoms with Crippen LogP contribution >= 0.6 is 15.9 Å². The maximum absolute atomic E-state index is 12.5. The van der Waals surface area contributed by atoms with Crippen molar-refractivity contribution in [1.29, 1.82) is 5.26 Å². The van der Waals surface area contributed by atoms with Crippen molar-refractivity contribution < 1.29 is 4.79 Å². The molecule has 0 saturated carbocycles. The Balaban J connectivity index is 1.91. The number of carbonyl (C=O) groups excluding carboxylic acids is 1. The van der Waals surface area contributed by atoms with Gasteiger partial charge in [0.2, 0.25) is 5.91 Å². The molecule has 2 aromatic heterocycles. The molecule has 7 nitrogen and oxygen atoms in total. The molecule has 0 radical (unpaired) electrons. The number of amides is 1. The lowest BCUT2D eigenvalue weighted by atomic mass is 10.3. The van der Waals surface area contributed by atoms with E-state index in [4.69, 9.17) is 0 Å². The summed E-state index contributed by atoms with van der Waals surface area (Å²) < 4.78 is 3.85. The number of para-hydroxylation sites is 1. The summed E-state index contributed by atoms with van der Waals surface area (Å²) in [4.78, 5) is 12.5. The van der Waals surface area contributed by atoms with Gasteiger partial charge in [0, 0.05) is 6.20 Å². The number of carbonyl (C=O) groups is 1. The van der Waals surface area contributed by atoms with Crippen molar-refractivity contribution in [3.05, 3.63) is 59.0 Å². The predicted molar refractivity (Wildman–Crippen MR) is 91.5 cm³/mol. The first-order valence-electron chi connectivity index (χ1n) is 7.14. The minimum atomic E-state index is -0.540. The van der Waals surface area contributed by atoms with E-state index >= 15 is 0 Å². The normalized spacial score (nSPS) is 11.7. The quantitative estimate of drug-likeness (QED) is 0.748. The zero-order valence-corrected chi connectivity index (χ0v) is 14.3. The molecule has 3 rings (SSSR count). The number of anilines is 1. The number of hydrogen-bond donors (Lipinski definition) is 1.